The summed E-state index contributed by atoms with van der Waals surface area (Å²) in [4.78, 5) is 62.8. The summed E-state index contributed by atoms with van der Waals surface area (Å²) in [6.45, 7) is 9.69. The molecule has 354 valence electrons. The van der Waals surface area contributed by atoms with Gasteiger partial charge >= 0.3 is 0 Å². The second-order valence-corrected chi connectivity index (χ2v) is 19.3. The Hall–Kier alpha value is -6.44. The quantitative estimate of drug-likeness (QED) is 0.0635. The minimum Gasteiger partial charge on any atom is -0.494 e. The maximum absolute atomic E-state index is 14.0. The van der Waals surface area contributed by atoms with E-state index in [0.29, 0.717) is 60.3 Å². The van der Waals surface area contributed by atoms with Gasteiger partial charge in [-0.25, -0.2) is 4.98 Å². The number of amides is 3. The number of oxazole rings is 1. The summed E-state index contributed by atoms with van der Waals surface area (Å²) < 4.78 is 17.0. The number of halogens is 1. The molecule has 3 amide bonds. The number of aliphatic hydroxyl groups is 1. The Morgan fingerprint density at radius 3 is 2.25 bits per heavy atom. The van der Waals surface area contributed by atoms with E-state index in [-0.39, 0.29) is 42.7 Å². The fraction of sp³-hybridized carbons (Fsp3) is 0.365. The van der Waals surface area contributed by atoms with Crippen LogP contribution in [0.15, 0.2) is 108 Å². The number of nitrogens with zero attached hydrogens (tertiary/aromatic N) is 5. The highest BCUT2D eigenvalue weighted by atomic mass is 35.5. The predicted octanol–water partition coefficient (Wildman–Crippen LogP) is 8.32. The molecule has 0 spiro atoms. The minimum absolute atomic E-state index is 0.0130. The lowest BCUT2D eigenvalue weighted by Crippen LogP contribution is -2.57. The molecule has 4 aromatic carbocycles. The number of aliphatic hydroxyl groups excluding tert-OH is 1. The number of ether oxygens (including phenoxy) is 2. The third kappa shape index (κ3) is 11.3. The third-order valence-corrected chi connectivity index (χ3v) is 12.9. The number of nitriles is 1. The molecule has 1 aromatic heterocycles. The van der Waals surface area contributed by atoms with Gasteiger partial charge in [0.05, 0.1) is 41.2 Å². The molecule has 0 bridgehead atoms. The SMILES string of the molecule is CC(C)(C)[C@H](NC(=O)COCCCCOc1ccc(-c2ccc(N3C(=S)N(c4ccc(C#N)c(Cl)c4)C(=O)C3(C)C)cc2)cc1)C(=O)N1C[C@H](O)C[C@H]1C(=O)CCc1ccc(-c2cnco2)cc1. The molecule has 0 saturated carbocycles. The van der Waals surface area contributed by atoms with E-state index < -0.39 is 41.0 Å². The Kier molecular flexibility index (Phi) is 15.5. The maximum atomic E-state index is 14.0. The van der Waals surface area contributed by atoms with E-state index in [0.717, 1.165) is 27.9 Å². The van der Waals surface area contributed by atoms with Crippen LogP contribution in [0.25, 0.3) is 22.5 Å². The van der Waals surface area contributed by atoms with E-state index in [4.69, 9.17) is 37.7 Å². The zero-order valence-electron chi connectivity index (χ0n) is 38.7. The zero-order chi connectivity index (χ0) is 48.8. The number of thiocarbonyl (C=S) groups is 1. The van der Waals surface area contributed by atoms with Gasteiger partial charge in [-0.2, -0.15) is 5.26 Å². The summed E-state index contributed by atoms with van der Waals surface area (Å²) in [5.74, 6) is 0.147. The van der Waals surface area contributed by atoms with Crippen LogP contribution in [0.2, 0.25) is 5.02 Å². The van der Waals surface area contributed by atoms with Crippen LogP contribution in [0.4, 0.5) is 11.4 Å². The number of aromatic nitrogens is 1. The Morgan fingerprint density at radius 1 is 0.971 bits per heavy atom. The van der Waals surface area contributed by atoms with Gasteiger partial charge < -0.3 is 34.1 Å². The second kappa shape index (κ2) is 21.2. The van der Waals surface area contributed by atoms with Crippen molar-refractivity contribution in [2.45, 2.75) is 90.4 Å². The first-order valence-electron chi connectivity index (χ1n) is 22.5. The third-order valence-electron chi connectivity index (χ3n) is 12.2. The number of likely N-dealkylation sites (tertiary alicyclic amines) is 1. The average Bonchev–Trinajstić information content (AvgIpc) is 4.04. The van der Waals surface area contributed by atoms with Gasteiger partial charge in [0.25, 0.3) is 5.91 Å². The fourth-order valence-corrected chi connectivity index (χ4v) is 9.14. The number of unbranched alkanes of at least 4 members (excludes halogenated alkanes) is 1. The maximum Gasteiger partial charge on any atom is 0.259 e. The first kappa shape index (κ1) is 49.5. The molecule has 2 fully saturated rings. The van der Waals surface area contributed by atoms with Crippen molar-refractivity contribution in [3.05, 3.63) is 120 Å². The van der Waals surface area contributed by atoms with Crippen LogP contribution in [0.5, 0.6) is 5.75 Å². The Bertz CT molecular complexity index is 2660. The van der Waals surface area contributed by atoms with Crippen molar-refractivity contribution in [1.82, 2.24) is 15.2 Å². The molecule has 0 unspecified atom stereocenters. The number of hydrogen-bond acceptors (Lipinski definition) is 11. The molecular formula is C52H55ClN6O8S. The highest BCUT2D eigenvalue weighted by molar-refractivity contribution is 7.81. The molecule has 16 heteroatoms. The number of aryl methyl sites for hydroxylation is 1. The van der Waals surface area contributed by atoms with Crippen LogP contribution in [0.1, 0.15) is 71.4 Å². The van der Waals surface area contributed by atoms with Crippen LogP contribution in [0.3, 0.4) is 0 Å². The number of ketones is 1. The van der Waals surface area contributed by atoms with Crippen molar-refractivity contribution in [3.63, 3.8) is 0 Å². The number of Topliss-reactive ketones (excluding diaryl/α,β-unsaturated/α-hetero) is 1. The number of anilines is 2. The van der Waals surface area contributed by atoms with Gasteiger partial charge in [-0.05, 0) is 110 Å². The smallest absolute Gasteiger partial charge is 0.259 e. The number of nitrogens with one attached hydrogen (secondary N) is 1. The molecule has 2 saturated heterocycles. The molecule has 5 aromatic rings. The second-order valence-electron chi connectivity index (χ2n) is 18.6. The number of hydrogen-bond donors (Lipinski definition) is 2. The average molecular weight is 960 g/mol. The summed E-state index contributed by atoms with van der Waals surface area (Å²) >= 11 is 12.1. The summed E-state index contributed by atoms with van der Waals surface area (Å²) in [5.41, 5.74) is 3.68. The number of rotatable bonds is 18. The van der Waals surface area contributed by atoms with Crippen LogP contribution in [0, 0.1) is 16.7 Å². The molecular weight excluding hydrogens is 904 g/mol. The summed E-state index contributed by atoms with van der Waals surface area (Å²) in [6, 6.07) is 28.3. The van der Waals surface area contributed by atoms with Crippen molar-refractivity contribution < 1.29 is 38.2 Å². The van der Waals surface area contributed by atoms with Crippen LogP contribution >= 0.6 is 23.8 Å². The highest BCUT2D eigenvalue weighted by Crippen LogP contribution is 2.38. The van der Waals surface area contributed by atoms with Crippen molar-refractivity contribution in [3.8, 4) is 34.3 Å². The Labute approximate surface area is 406 Å². The van der Waals surface area contributed by atoms with Crippen molar-refractivity contribution in [2.24, 2.45) is 5.41 Å². The number of carbonyl (C=O) groups is 4. The lowest BCUT2D eigenvalue weighted by atomic mass is 9.85. The van der Waals surface area contributed by atoms with Crippen LogP contribution in [-0.4, -0.2) is 93.7 Å². The first-order chi connectivity index (χ1) is 32.5. The molecule has 3 atom stereocenters. The number of benzene rings is 4. The number of carbonyl (C=O) groups excluding carboxylic acids is 4. The Balaban J connectivity index is 0.831. The zero-order valence-corrected chi connectivity index (χ0v) is 40.3. The topological polar surface area (TPSA) is 179 Å². The van der Waals surface area contributed by atoms with Gasteiger partial charge in [0.2, 0.25) is 11.8 Å². The first-order valence-corrected chi connectivity index (χ1v) is 23.3. The monoisotopic (exact) mass is 958 g/mol. The standard InChI is InChI=1S/C52H55ClN6O8S/c1-51(2,3)47(48(63)57-30-40(60)27-43(57)44(61)23-10-33-8-11-36(12-9-33)45-29-55-32-67-45)56-46(62)31-65-24-6-7-25-66-41-21-16-35(17-22-41)34-13-18-38(19-14-34)59-50(68)58(49(64)52(59,4)5)39-20-15-37(28-54)42(53)26-39/h8-9,11-22,26,29,32,40,43,47,60H,6-7,10,23-25,27,30-31H2,1-5H3,(H,56,62)/t40-,43+,47-/m1/s1. The van der Waals surface area contributed by atoms with Gasteiger partial charge in [-0.3, -0.25) is 24.1 Å². The summed E-state index contributed by atoms with van der Waals surface area (Å²) in [6.07, 6.45) is 4.29. The normalized spacial score (nSPS) is 17.3. The minimum atomic E-state index is -0.970. The highest BCUT2D eigenvalue weighted by Gasteiger charge is 2.50. The summed E-state index contributed by atoms with van der Waals surface area (Å²) in [7, 11) is 0. The molecule has 14 nitrogen and oxygen atoms in total. The van der Waals surface area contributed by atoms with Crippen molar-refractivity contribution in [2.75, 3.05) is 36.2 Å². The Morgan fingerprint density at radius 2 is 1.62 bits per heavy atom. The lowest BCUT2D eigenvalue weighted by molar-refractivity contribution is -0.144. The van der Waals surface area contributed by atoms with Gasteiger partial charge in [0.15, 0.2) is 23.0 Å². The van der Waals surface area contributed by atoms with Crippen LogP contribution in [-0.2, 0) is 30.3 Å². The van der Waals surface area contributed by atoms with E-state index >= 15 is 0 Å². The van der Waals surface area contributed by atoms with Gasteiger partial charge in [-0.15, -0.1) is 0 Å². The molecule has 2 aliphatic heterocycles. The molecule has 3 heterocycles. The van der Waals surface area contributed by atoms with Crippen molar-refractivity contribution in [1.29, 1.82) is 5.26 Å². The molecule has 2 aliphatic rings. The van der Waals surface area contributed by atoms with Crippen LogP contribution < -0.4 is 19.9 Å². The fourth-order valence-electron chi connectivity index (χ4n) is 8.41. The molecule has 0 radical (unpaired) electrons. The largest absolute Gasteiger partial charge is 0.494 e. The van der Waals surface area contributed by atoms with Gasteiger partial charge in [0.1, 0.15) is 30.0 Å². The molecule has 68 heavy (non-hydrogen) atoms. The number of β-amino-alcohol motifs (C(OH)–C–C–N with tert-alkyl or cyclic N) is 1. The lowest BCUT2D eigenvalue weighted by Gasteiger charge is -2.35. The predicted molar refractivity (Wildman–Crippen MR) is 263 cm³/mol. The summed E-state index contributed by atoms with van der Waals surface area (Å²) in [5, 5.41) is 23.2. The van der Waals surface area contributed by atoms with Gasteiger partial charge in [-0.1, -0.05) is 80.9 Å². The molecule has 2 N–H and O–H groups in total. The van der Waals surface area contributed by atoms with E-state index in [1.54, 1.807) is 24.4 Å². The van der Waals surface area contributed by atoms with Crippen molar-refractivity contribution >= 4 is 63.8 Å². The van der Waals surface area contributed by atoms with E-state index in [9.17, 15) is 29.5 Å². The molecule has 7 rings (SSSR count). The van der Waals surface area contributed by atoms with E-state index in [2.05, 4.69) is 10.3 Å². The molecule has 0 aliphatic carbocycles. The van der Waals surface area contributed by atoms with E-state index in [1.807, 2.05) is 118 Å². The van der Waals surface area contributed by atoms with Gasteiger partial charge in [0, 0.05) is 37.2 Å². The van der Waals surface area contributed by atoms with E-state index in [1.165, 1.54) is 16.2 Å².